The SMILES string of the molecule is CCCCCC(CCCCC)CCOC(=O)CCCCCCCN(CCCCCCCC(=O)OCCC(CCCC)CCCC)CCCNSCc1ccon1. The van der Waals surface area contributed by atoms with E-state index in [0.29, 0.717) is 37.9 Å². The highest BCUT2D eigenvalue weighted by atomic mass is 32.2. The van der Waals surface area contributed by atoms with Crippen LogP contribution in [0, 0.1) is 11.8 Å². The maximum absolute atomic E-state index is 12.4. The van der Waals surface area contributed by atoms with E-state index in [1.54, 1.807) is 18.2 Å². The van der Waals surface area contributed by atoms with Crippen LogP contribution in [0.1, 0.15) is 220 Å². The molecule has 1 aromatic rings. The van der Waals surface area contributed by atoms with Gasteiger partial charge in [-0.05, 0) is 76.4 Å². The Morgan fingerprint density at radius 2 is 1.07 bits per heavy atom. The number of rotatable bonds is 43. The first kappa shape index (κ1) is 52.4. The molecule has 8 nitrogen and oxygen atoms in total. The van der Waals surface area contributed by atoms with Crippen molar-refractivity contribution < 1.29 is 23.6 Å². The Bertz CT molecular complexity index is 963. The maximum Gasteiger partial charge on any atom is 0.305 e. The largest absolute Gasteiger partial charge is 0.466 e. The van der Waals surface area contributed by atoms with Crippen molar-refractivity contribution >= 4 is 23.9 Å². The first-order chi connectivity index (χ1) is 27.5. The van der Waals surface area contributed by atoms with E-state index in [0.717, 1.165) is 82.6 Å². The third-order valence-corrected chi connectivity index (χ3v) is 12.1. The predicted octanol–water partition coefficient (Wildman–Crippen LogP) is 13.4. The molecule has 0 spiro atoms. The molecule has 328 valence electrons. The fraction of sp³-hybridized carbons (Fsp3) is 0.894. The smallest absolute Gasteiger partial charge is 0.305 e. The van der Waals surface area contributed by atoms with Crippen LogP contribution in [-0.2, 0) is 24.8 Å². The summed E-state index contributed by atoms with van der Waals surface area (Å²) in [5.74, 6) is 2.21. The van der Waals surface area contributed by atoms with Gasteiger partial charge < -0.3 is 18.9 Å². The lowest BCUT2D eigenvalue weighted by Gasteiger charge is -2.22. The molecule has 0 saturated carbocycles. The minimum atomic E-state index is -0.0108. The van der Waals surface area contributed by atoms with E-state index >= 15 is 0 Å². The van der Waals surface area contributed by atoms with Crippen LogP contribution in [0.2, 0.25) is 0 Å². The highest BCUT2D eigenvalue weighted by Crippen LogP contribution is 2.22. The van der Waals surface area contributed by atoms with E-state index in [1.807, 2.05) is 6.07 Å². The first-order valence-electron chi connectivity index (χ1n) is 23.8. The van der Waals surface area contributed by atoms with Crippen LogP contribution in [0.25, 0.3) is 0 Å². The Hall–Kier alpha value is -1.58. The summed E-state index contributed by atoms with van der Waals surface area (Å²) < 4.78 is 19.7. The molecule has 1 N–H and O–H groups in total. The van der Waals surface area contributed by atoms with Gasteiger partial charge in [0.25, 0.3) is 0 Å². The molecule has 0 fully saturated rings. The summed E-state index contributed by atoms with van der Waals surface area (Å²) in [6.07, 6.45) is 35.1. The molecule has 9 heteroatoms. The van der Waals surface area contributed by atoms with E-state index in [1.165, 1.54) is 128 Å². The average molecular weight is 808 g/mol. The average Bonchev–Trinajstić information content (AvgIpc) is 3.72. The summed E-state index contributed by atoms with van der Waals surface area (Å²) in [6.45, 7) is 14.6. The summed E-state index contributed by atoms with van der Waals surface area (Å²) in [6, 6.07) is 1.91. The summed E-state index contributed by atoms with van der Waals surface area (Å²) in [7, 11) is 0. The van der Waals surface area contributed by atoms with Crippen LogP contribution in [-0.4, -0.2) is 61.4 Å². The number of hydrogen-bond donors (Lipinski definition) is 1. The van der Waals surface area contributed by atoms with Gasteiger partial charge in [-0.15, -0.1) is 0 Å². The molecule has 56 heavy (non-hydrogen) atoms. The van der Waals surface area contributed by atoms with Crippen molar-refractivity contribution in [3.05, 3.63) is 18.0 Å². The van der Waals surface area contributed by atoms with Crippen molar-refractivity contribution in [2.24, 2.45) is 11.8 Å². The van der Waals surface area contributed by atoms with E-state index in [-0.39, 0.29) is 11.9 Å². The van der Waals surface area contributed by atoms with Crippen molar-refractivity contribution in [2.75, 3.05) is 39.4 Å². The highest BCUT2D eigenvalue weighted by molar-refractivity contribution is 7.96. The molecule has 1 aromatic heterocycles. The predicted molar refractivity (Wildman–Crippen MR) is 238 cm³/mol. The Morgan fingerprint density at radius 3 is 1.55 bits per heavy atom. The Balaban J connectivity index is 2.25. The third kappa shape index (κ3) is 33.4. The number of ether oxygens (including phenoxy) is 2. The van der Waals surface area contributed by atoms with Crippen LogP contribution >= 0.6 is 11.9 Å². The number of esters is 2. The van der Waals surface area contributed by atoms with E-state index in [2.05, 4.69) is 42.5 Å². The minimum Gasteiger partial charge on any atom is -0.466 e. The molecule has 0 aliphatic rings. The molecule has 0 aliphatic heterocycles. The summed E-state index contributed by atoms with van der Waals surface area (Å²) >= 11 is 1.69. The topological polar surface area (TPSA) is 93.9 Å². The van der Waals surface area contributed by atoms with Gasteiger partial charge in [0.15, 0.2) is 0 Å². The van der Waals surface area contributed by atoms with Crippen LogP contribution in [0.15, 0.2) is 16.9 Å². The van der Waals surface area contributed by atoms with Crippen molar-refractivity contribution in [1.29, 1.82) is 0 Å². The van der Waals surface area contributed by atoms with Gasteiger partial charge in [-0.25, -0.2) is 0 Å². The molecule has 1 heterocycles. The fourth-order valence-electron chi connectivity index (χ4n) is 7.53. The summed E-state index contributed by atoms with van der Waals surface area (Å²) in [5, 5.41) is 3.98. The summed E-state index contributed by atoms with van der Waals surface area (Å²) in [4.78, 5) is 27.4. The Morgan fingerprint density at radius 1 is 0.607 bits per heavy atom. The lowest BCUT2D eigenvalue weighted by molar-refractivity contribution is -0.145. The first-order valence-corrected chi connectivity index (χ1v) is 24.8. The fourth-order valence-corrected chi connectivity index (χ4v) is 8.22. The monoisotopic (exact) mass is 808 g/mol. The van der Waals surface area contributed by atoms with Crippen molar-refractivity contribution in [2.45, 2.75) is 220 Å². The molecular formula is C47H89N3O5S. The van der Waals surface area contributed by atoms with Gasteiger partial charge in [-0.2, -0.15) is 0 Å². The standard InChI is InChI=1S/C47H89N3O5S/c1-5-9-19-28-44(29-20-10-6-2)33-40-54-47(52)31-22-16-14-18-24-37-50(38-25-35-48-56-42-45-34-41-55-49-45)36-23-17-13-15-21-30-46(51)53-39-32-43(26-11-7-3)27-12-8-4/h34,41,43-44,48H,5-33,35-40,42H2,1-4H3. The van der Waals surface area contributed by atoms with Crippen LogP contribution < -0.4 is 4.72 Å². The van der Waals surface area contributed by atoms with Gasteiger partial charge in [-0.3, -0.25) is 14.3 Å². The van der Waals surface area contributed by atoms with Crippen molar-refractivity contribution in [3.8, 4) is 0 Å². The van der Waals surface area contributed by atoms with Gasteiger partial charge in [0.05, 0.1) is 24.7 Å². The molecule has 1 rings (SSSR count). The number of carbonyl (C=O) groups is 2. The van der Waals surface area contributed by atoms with Crippen LogP contribution in [0.5, 0.6) is 0 Å². The Kier molecular flexibility index (Phi) is 37.7. The number of unbranched alkanes of at least 4 members (excludes halogenated alkanes) is 14. The van der Waals surface area contributed by atoms with E-state index < -0.39 is 0 Å². The molecule has 0 saturated heterocycles. The second-order valence-electron chi connectivity index (χ2n) is 16.4. The second kappa shape index (κ2) is 40.2. The van der Waals surface area contributed by atoms with E-state index in [4.69, 9.17) is 14.0 Å². The third-order valence-electron chi connectivity index (χ3n) is 11.2. The van der Waals surface area contributed by atoms with Crippen LogP contribution in [0.3, 0.4) is 0 Å². The molecule has 0 atom stereocenters. The molecule has 0 unspecified atom stereocenters. The molecular weight excluding hydrogens is 719 g/mol. The zero-order valence-electron chi connectivity index (χ0n) is 37.1. The van der Waals surface area contributed by atoms with Crippen molar-refractivity contribution in [3.63, 3.8) is 0 Å². The minimum absolute atomic E-state index is 0.00574. The second-order valence-corrected chi connectivity index (χ2v) is 17.3. The lowest BCUT2D eigenvalue weighted by atomic mass is 9.92. The molecule has 0 aromatic carbocycles. The van der Waals surface area contributed by atoms with Gasteiger partial charge in [0, 0.05) is 25.5 Å². The van der Waals surface area contributed by atoms with Gasteiger partial charge in [-0.1, -0.05) is 173 Å². The van der Waals surface area contributed by atoms with Crippen molar-refractivity contribution in [1.82, 2.24) is 14.8 Å². The van der Waals surface area contributed by atoms with E-state index in [9.17, 15) is 9.59 Å². The van der Waals surface area contributed by atoms with Gasteiger partial charge in [0.1, 0.15) is 6.26 Å². The highest BCUT2D eigenvalue weighted by Gasteiger charge is 2.12. The number of nitrogens with zero attached hydrogens (tertiary/aromatic N) is 2. The quantitative estimate of drug-likeness (QED) is 0.0393. The normalized spacial score (nSPS) is 11.7. The summed E-state index contributed by atoms with van der Waals surface area (Å²) in [5.41, 5.74) is 0.964. The number of aromatic nitrogens is 1. The van der Waals surface area contributed by atoms with Crippen LogP contribution in [0.4, 0.5) is 0 Å². The van der Waals surface area contributed by atoms with Gasteiger partial charge in [0.2, 0.25) is 0 Å². The maximum atomic E-state index is 12.4. The number of nitrogens with one attached hydrogen (secondary N) is 1. The van der Waals surface area contributed by atoms with Gasteiger partial charge >= 0.3 is 11.9 Å². The zero-order valence-corrected chi connectivity index (χ0v) is 37.9. The molecule has 0 radical (unpaired) electrons. The number of hydrogen-bond acceptors (Lipinski definition) is 9. The number of carbonyl (C=O) groups excluding carboxylic acids is 2. The lowest BCUT2D eigenvalue weighted by Crippen LogP contribution is -2.29. The molecule has 0 aliphatic carbocycles. The molecule has 0 amide bonds. The molecule has 0 bridgehead atoms. The Labute approximate surface area is 350 Å². The zero-order chi connectivity index (χ0) is 40.6.